The highest BCUT2D eigenvalue weighted by Gasteiger charge is 2.31. The first-order valence-corrected chi connectivity index (χ1v) is 12.1. The van der Waals surface area contributed by atoms with E-state index in [2.05, 4.69) is 5.32 Å². The minimum Gasteiger partial charge on any atom is -0.495 e. The maximum absolute atomic E-state index is 12.8. The minimum absolute atomic E-state index is 0.0143. The van der Waals surface area contributed by atoms with Gasteiger partial charge in [0, 0.05) is 37.3 Å². The molecule has 0 radical (unpaired) electrons. The molecule has 2 aromatic carbocycles. The lowest BCUT2D eigenvalue weighted by Crippen LogP contribution is -2.54. The van der Waals surface area contributed by atoms with E-state index in [-0.39, 0.29) is 11.7 Å². The van der Waals surface area contributed by atoms with Crippen molar-refractivity contribution in [2.45, 2.75) is 25.6 Å². The quantitative estimate of drug-likeness (QED) is 0.679. The Bertz CT molecular complexity index is 1020. The van der Waals surface area contributed by atoms with Crippen LogP contribution in [0.3, 0.4) is 0 Å². The third-order valence-corrected chi connectivity index (χ3v) is 7.78. The van der Waals surface area contributed by atoms with Crippen molar-refractivity contribution >= 4 is 33.2 Å². The van der Waals surface area contributed by atoms with Crippen LogP contribution in [0.1, 0.15) is 18.1 Å². The van der Waals surface area contributed by atoms with Crippen molar-refractivity contribution in [1.82, 2.24) is 9.21 Å². The number of amides is 1. The third-order valence-electron chi connectivity index (χ3n) is 5.52. The summed E-state index contributed by atoms with van der Waals surface area (Å²) < 4.78 is 32.3. The van der Waals surface area contributed by atoms with Crippen LogP contribution in [0, 0.1) is 6.92 Å². The predicted octanol–water partition coefficient (Wildman–Crippen LogP) is 3.13. The van der Waals surface area contributed by atoms with E-state index in [9.17, 15) is 13.2 Å². The van der Waals surface area contributed by atoms with Gasteiger partial charge in [0.25, 0.3) is 0 Å². The number of halogens is 1. The fourth-order valence-electron chi connectivity index (χ4n) is 3.58. The molecule has 0 unspecified atom stereocenters. The van der Waals surface area contributed by atoms with Crippen LogP contribution in [0.15, 0.2) is 42.5 Å². The van der Waals surface area contributed by atoms with E-state index >= 15 is 0 Å². The summed E-state index contributed by atoms with van der Waals surface area (Å²) >= 11 is 6.13. The Hall–Kier alpha value is -2.13. The maximum Gasteiger partial charge on any atom is 0.241 e. The van der Waals surface area contributed by atoms with E-state index in [1.807, 2.05) is 49.1 Å². The largest absolute Gasteiger partial charge is 0.495 e. The predicted molar refractivity (Wildman–Crippen MR) is 123 cm³/mol. The number of sulfonamides is 1. The molecule has 1 heterocycles. The Morgan fingerprint density at radius 2 is 1.81 bits per heavy atom. The SMILES string of the molecule is COc1cc(Cl)c(C)cc1NC(=O)[C@H](C)N1CCN(S(=O)(=O)Cc2ccccc2)CC1. The second-order valence-corrected chi connectivity index (χ2v) is 10.0. The molecular weight excluding hydrogens is 438 g/mol. The van der Waals surface area contributed by atoms with Gasteiger partial charge in [-0.3, -0.25) is 9.69 Å². The van der Waals surface area contributed by atoms with Crippen molar-refractivity contribution in [2.24, 2.45) is 0 Å². The zero-order chi connectivity index (χ0) is 22.6. The van der Waals surface area contributed by atoms with E-state index in [4.69, 9.17) is 16.3 Å². The molecule has 1 saturated heterocycles. The fraction of sp³-hybridized carbons (Fsp3) is 0.409. The number of ether oxygens (including phenoxy) is 1. The second kappa shape index (κ2) is 9.99. The summed E-state index contributed by atoms with van der Waals surface area (Å²) in [5.74, 6) is 0.299. The summed E-state index contributed by atoms with van der Waals surface area (Å²) in [6, 6.07) is 12.2. The van der Waals surface area contributed by atoms with Gasteiger partial charge in [-0.05, 0) is 31.0 Å². The number of aryl methyl sites for hydroxylation is 1. The molecule has 1 fully saturated rings. The zero-order valence-corrected chi connectivity index (χ0v) is 19.5. The molecule has 31 heavy (non-hydrogen) atoms. The molecule has 1 N–H and O–H groups in total. The highest BCUT2D eigenvalue weighted by atomic mass is 35.5. The Morgan fingerprint density at radius 1 is 1.16 bits per heavy atom. The summed E-state index contributed by atoms with van der Waals surface area (Å²) in [6.07, 6.45) is 0. The van der Waals surface area contributed by atoms with Gasteiger partial charge in [-0.2, -0.15) is 4.31 Å². The minimum atomic E-state index is -3.40. The van der Waals surface area contributed by atoms with Crippen LogP contribution in [0.5, 0.6) is 5.75 Å². The van der Waals surface area contributed by atoms with Gasteiger partial charge in [0.2, 0.25) is 15.9 Å². The number of benzene rings is 2. The average Bonchev–Trinajstić information content (AvgIpc) is 2.76. The molecule has 7 nitrogen and oxygen atoms in total. The van der Waals surface area contributed by atoms with Crippen LogP contribution in [-0.2, 0) is 20.6 Å². The van der Waals surface area contributed by atoms with Crippen LogP contribution in [0.25, 0.3) is 0 Å². The molecular formula is C22H28ClN3O4S. The molecule has 168 valence electrons. The summed E-state index contributed by atoms with van der Waals surface area (Å²) in [6.45, 7) is 5.36. The first kappa shape index (κ1) is 23.5. The number of hydrogen-bond acceptors (Lipinski definition) is 5. The molecule has 9 heteroatoms. The molecule has 2 aromatic rings. The second-order valence-electron chi connectivity index (χ2n) is 7.64. The number of carbonyl (C=O) groups is 1. The molecule has 0 saturated carbocycles. The standard InChI is InChI=1S/C22H28ClN3O4S/c1-16-13-20(21(30-3)14-19(16)23)24-22(27)17(2)25-9-11-26(12-10-25)31(28,29)15-18-7-5-4-6-8-18/h4-8,13-14,17H,9-12,15H2,1-3H3,(H,24,27)/t17-/m0/s1. The number of anilines is 1. The first-order chi connectivity index (χ1) is 14.7. The Labute approximate surface area is 189 Å². The van der Waals surface area contributed by atoms with Crippen molar-refractivity contribution in [1.29, 1.82) is 0 Å². The summed E-state index contributed by atoms with van der Waals surface area (Å²) in [5, 5.41) is 3.47. The normalized spacial score (nSPS) is 16.6. The molecule has 0 bridgehead atoms. The van der Waals surface area contributed by atoms with Crippen molar-refractivity contribution in [3.05, 3.63) is 58.6 Å². The van der Waals surface area contributed by atoms with Crippen molar-refractivity contribution in [2.75, 3.05) is 38.6 Å². The van der Waals surface area contributed by atoms with E-state index < -0.39 is 16.1 Å². The number of carbonyl (C=O) groups excluding carboxylic acids is 1. The number of rotatable bonds is 7. The molecule has 1 amide bonds. The Morgan fingerprint density at radius 3 is 2.42 bits per heavy atom. The molecule has 3 rings (SSSR count). The molecule has 1 aliphatic rings. The van der Waals surface area contributed by atoms with Gasteiger partial charge in [-0.15, -0.1) is 0 Å². The Balaban J connectivity index is 1.59. The van der Waals surface area contributed by atoms with Gasteiger partial charge in [0.15, 0.2) is 0 Å². The van der Waals surface area contributed by atoms with Crippen LogP contribution >= 0.6 is 11.6 Å². The van der Waals surface area contributed by atoms with E-state index in [0.29, 0.717) is 42.6 Å². The first-order valence-electron chi connectivity index (χ1n) is 10.1. The number of nitrogens with zero attached hydrogens (tertiary/aromatic N) is 2. The number of nitrogens with one attached hydrogen (secondary N) is 1. The van der Waals surface area contributed by atoms with Gasteiger partial charge >= 0.3 is 0 Å². The fourth-order valence-corrected chi connectivity index (χ4v) is 5.25. The van der Waals surface area contributed by atoms with Crippen molar-refractivity contribution in [3.63, 3.8) is 0 Å². The number of piperazine rings is 1. The molecule has 0 spiro atoms. The van der Waals surface area contributed by atoms with Gasteiger partial charge < -0.3 is 10.1 Å². The Kier molecular flexibility index (Phi) is 7.59. The van der Waals surface area contributed by atoms with Crippen LogP contribution < -0.4 is 10.1 Å². The molecule has 0 aromatic heterocycles. The lowest BCUT2D eigenvalue weighted by atomic mass is 10.1. The molecule has 0 aliphatic carbocycles. The van der Waals surface area contributed by atoms with Crippen LogP contribution in [0.2, 0.25) is 5.02 Å². The lowest BCUT2D eigenvalue weighted by Gasteiger charge is -2.36. The summed E-state index contributed by atoms with van der Waals surface area (Å²) in [4.78, 5) is 14.8. The highest BCUT2D eigenvalue weighted by Crippen LogP contribution is 2.31. The monoisotopic (exact) mass is 465 g/mol. The van der Waals surface area contributed by atoms with E-state index in [1.165, 1.54) is 11.4 Å². The summed E-state index contributed by atoms with van der Waals surface area (Å²) in [7, 11) is -1.87. The number of methoxy groups -OCH3 is 1. The van der Waals surface area contributed by atoms with Crippen LogP contribution in [-0.4, -0.2) is 62.9 Å². The van der Waals surface area contributed by atoms with Gasteiger partial charge in [0.05, 0.1) is 24.6 Å². The van der Waals surface area contributed by atoms with Gasteiger partial charge in [-0.1, -0.05) is 41.9 Å². The van der Waals surface area contributed by atoms with Gasteiger partial charge in [0.1, 0.15) is 5.75 Å². The summed E-state index contributed by atoms with van der Waals surface area (Å²) in [5.41, 5.74) is 2.16. The number of hydrogen-bond donors (Lipinski definition) is 1. The smallest absolute Gasteiger partial charge is 0.241 e. The molecule has 1 atom stereocenters. The topological polar surface area (TPSA) is 79.0 Å². The highest BCUT2D eigenvalue weighted by molar-refractivity contribution is 7.88. The van der Waals surface area contributed by atoms with Crippen molar-refractivity contribution < 1.29 is 17.9 Å². The molecule has 1 aliphatic heterocycles. The zero-order valence-electron chi connectivity index (χ0n) is 18.0. The average molecular weight is 466 g/mol. The van der Waals surface area contributed by atoms with Crippen LogP contribution in [0.4, 0.5) is 5.69 Å². The lowest BCUT2D eigenvalue weighted by molar-refractivity contribution is -0.121. The van der Waals surface area contributed by atoms with Crippen molar-refractivity contribution in [3.8, 4) is 5.75 Å². The maximum atomic E-state index is 12.8. The van der Waals surface area contributed by atoms with E-state index in [1.54, 1.807) is 12.1 Å². The van der Waals surface area contributed by atoms with Gasteiger partial charge in [-0.25, -0.2) is 8.42 Å². The van der Waals surface area contributed by atoms with E-state index in [0.717, 1.165) is 11.1 Å². The third kappa shape index (κ3) is 5.77.